The number of halogens is 1. The predicted octanol–water partition coefficient (Wildman–Crippen LogP) is 3.14. The fraction of sp³-hybridized carbons (Fsp3) is 0.300. The van der Waals surface area contributed by atoms with Crippen LogP contribution >= 0.6 is 0 Å². The normalized spacial score (nSPS) is 16.8. The number of hydrogen-bond donors (Lipinski definition) is 2. The zero-order valence-corrected chi connectivity index (χ0v) is 14.1. The molecule has 5 heteroatoms. The molecule has 2 N–H and O–H groups in total. The fourth-order valence-corrected chi connectivity index (χ4v) is 3.24. The molecule has 0 spiro atoms. The van der Waals surface area contributed by atoms with Crippen molar-refractivity contribution < 1.29 is 14.0 Å². The van der Waals surface area contributed by atoms with E-state index in [4.69, 9.17) is 0 Å². The lowest BCUT2D eigenvalue weighted by atomic mass is 10.1. The highest BCUT2D eigenvalue weighted by Gasteiger charge is 2.26. The third-order valence-electron chi connectivity index (χ3n) is 4.45. The maximum absolute atomic E-state index is 13.8. The van der Waals surface area contributed by atoms with Crippen LogP contribution in [0.1, 0.15) is 47.3 Å². The molecule has 0 saturated heterocycles. The molecule has 0 saturated carbocycles. The molecular formula is C20H21FN2O2. The molecule has 4 nitrogen and oxygen atoms in total. The molecule has 2 amide bonds. The number of benzene rings is 2. The summed E-state index contributed by atoms with van der Waals surface area (Å²) >= 11 is 0. The van der Waals surface area contributed by atoms with Gasteiger partial charge in [-0.1, -0.05) is 30.3 Å². The first kappa shape index (κ1) is 17.1. The minimum absolute atomic E-state index is 0.150. The molecule has 0 aromatic heterocycles. The van der Waals surface area contributed by atoms with Gasteiger partial charge >= 0.3 is 0 Å². The van der Waals surface area contributed by atoms with Gasteiger partial charge in [0.2, 0.25) is 5.91 Å². The molecular weight excluding hydrogens is 319 g/mol. The quantitative estimate of drug-likeness (QED) is 0.878. The first-order valence-electron chi connectivity index (χ1n) is 8.47. The van der Waals surface area contributed by atoms with Crippen LogP contribution in [0.2, 0.25) is 0 Å². The SMILES string of the molecule is CC(CC(=O)NC1CCc2c(F)cccc21)NC(=O)c1ccccc1. The molecule has 0 radical (unpaired) electrons. The van der Waals surface area contributed by atoms with E-state index >= 15 is 0 Å². The highest BCUT2D eigenvalue weighted by molar-refractivity contribution is 5.94. The average molecular weight is 340 g/mol. The standard InChI is InChI=1S/C20H21FN2O2/c1-13(22-20(25)14-6-3-2-4-7-14)12-19(24)23-18-11-10-15-16(18)8-5-9-17(15)21/h2-9,13,18H,10-12H2,1H3,(H,22,25)(H,23,24). The van der Waals surface area contributed by atoms with Gasteiger partial charge in [0.05, 0.1) is 6.04 Å². The van der Waals surface area contributed by atoms with Gasteiger partial charge in [-0.05, 0) is 49.1 Å². The van der Waals surface area contributed by atoms with Gasteiger partial charge in [0, 0.05) is 18.0 Å². The maximum atomic E-state index is 13.8. The lowest BCUT2D eigenvalue weighted by molar-refractivity contribution is -0.122. The summed E-state index contributed by atoms with van der Waals surface area (Å²) in [5.41, 5.74) is 2.11. The van der Waals surface area contributed by atoms with E-state index < -0.39 is 0 Å². The molecule has 25 heavy (non-hydrogen) atoms. The third-order valence-corrected chi connectivity index (χ3v) is 4.45. The summed E-state index contributed by atoms with van der Waals surface area (Å²) in [6.45, 7) is 1.79. The van der Waals surface area contributed by atoms with Crippen molar-refractivity contribution in [2.45, 2.75) is 38.3 Å². The van der Waals surface area contributed by atoms with Gasteiger partial charge in [-0.15, -0.1) is 0 Å². The molecule has 2 aromatic rings. The van der Waals surface area contributed by atoms with Gasteiger partial charge in [0.1, 0.15) is 5.82 Å². The Morgan fingerprint density at radius 2 is 1.92 bits per heavy atom. The lowest BCUT2D eigenvalue weighted by Crippen LogP contribution is -2.38. The molecule has 0 aliphatic heterocycles. The van der Waals surface area contributed by atoms with Crippen molar-refractivity contribution >= 4 is 11.8 Å². The lowest BCUT2D eigenvalue weighted by Gasteiger charge is -2.17. The zero-order valence-electron chi connectivity index (χ0n) is 14.1. The first-order valence-corrected chi connectivity index (χ1v) is 8.47. The number of amides is 2. The van der Waals surface area contributed by atoms with Crippen molar-refractivity contribution in [2.75, 3.05) is 0 Å². The molecule has 2 atom stereocenters. The van der Waals surface area contributed by atoms with Crippen LogP contribution in [0.4, 0.5) is 4.39 Å². The highest BCUT2D eigenvalue weighted by Crippen LogP contribution is 2.32. The third kappa shape index (κ3) is 4.05. The molecule has 0 fully saturated rings. The summed E-state index contributed by atoms with van der Waals surface area (Å²) < 4.78 is 13.8. The van der Waals surface area contributed by atoms with E-state index in [1.807, 2.05) is 12.1 Å². The molecule has 130 valence electrons. The van der Waals surface area contributed by atoms with Crippen LogP contribution < -0.4 is 10.6 Å². The number of nitrogens with one attached hydrogen (secondary N) is 2. The molecule has 1 aliphatic rings. The minimum Gasteiger partial charge on any atom is -0.349 e. The van der Waals surface area contributed by atoms with Crippen LogP contribution in [0.25, 0.3) is 0 Å². The second-order valence-corrected chi connectivity index (χ2v) is 6.41. The largest absolute Gasteiger partial charge is 0.349 e. The molecule has 3 rings (SSSR count). The Labute approximate surface area is 146 Å². The summed E-state index contributed by atoms with van der Waals surface area (Å²) in [6.07, 6.45) is 1.51. The summed E-state index contributed by atoms with van der Waals surface area (Å²) in [6, 6.07) is 13.4. The van der Waals surface area contributed by atoms with E-state index in [0.29, 0.717) is 24.0 Å². The summed E-state index contributed by atoms with van der Waals surface area (Å²) in [4.78, 5) is 24.4. The number of carbonyl (C=O) groups excluding carboxylic acids is 2. The van der Waals surface area contributed by atoms with Gasteiger partial charge in [-0.3, -0.25) is 9.59 Å². The average Bonchev–Trinajstić information content (AvgIpc) is 2.99. The van der Waals surface area contributed by atoms with Crippen LogP contribution in [0.3, 0.4) is 0 Å². The predicted molar refractivity (Wildman–Crippen MR) is 93.6 cm³/mol. The van der Waals surface area contributed by atoms with Crippen molar-refractivity contribution in [3.05, 3.63) is 71.0 Å². The van der Waals surface area contributed by atoms with Crippen molar-refractivity contribution in [3.8, 4) is 0 Å². The van der Waals surface area contributed by atoms with Crippen molar-refractivity contribution in [1.82, 2.24) is 10.6 Å². The minimum atomic E-state index is -0.291. The van der Waals surface area contributed by atoms with E-state index in [2.05, 4.69) is 10.6 Å². The summed E-state index contributed by atoms with van der Waals surface area (Å²) in [7, 11) is 0. The fourth-order valence-electron chi connectivity index (χ4n) is 3.24. The zero-order chi connectivity index (χ0) is 17.8. The van der Waals surface area contributed by atoms with Crippen LogP contribution in [-0.4, -0.2) is 17.9 Å². The molecule has 0 heterocycles. The molecule has 0 bridgehead atoms. The van der Waals surface area contributed by atoms with Crippen molar-refractivity contribution in [3.63, 3.8) is 0 Å². The van der Waals surface area contributed by atoms with Gasteiger partial charge in [0.25, 0.3) is 5.91 Å². The maximum Gasteiger partial charge on any atom is 0.251 e. The topological polar surface area (TPSA) is 58.2 Å². The Morgan fingerprint density at radius 1 is 1.16 bits per heavy atom. The number of carbonyl (C=O) groups is 2. The Balaban J connectivity index is 1.53. The summed E-state index contributed by atoms with van der Waals surface area (Å²) in [5, 5.41) is 5.77. The van der Waals surface area contributed by atoms with Gasteiger partial charge < -0.3 is 10.6 Å². The second kappa shape index (κ2) is 7.47. The Kier molecular flexibility index (Phi) is 5.12. The number of rotatable bonds is 5. The van der Waals surface area contributed by atoms with Crippen LogP contribution in [0.5, 0.6) is 0 Å². The van der Waals surface area contributed by atoms with E-state index in [0.717, 1.165) is 5.56 Å². The van der Waals surface area contributed by atoms with Crippen molar-refractivity contribution in [2.24, 2.45) is 0 Å². The van der Waals surface area contributed by atoms with Crippen LogP contribution in [0.15, 0.2) is 48.5 Å². The van der Waals surface area contributed by atoms with Gasteiger partial charge in [-0.25, -0.2) is 4.39 Å². The Hall–Kier alpha value is -2.69. The summed E-state index contributed by atoms with van der Waals surface area (Å²) in [5.74, 6) is -0.560. The molecule has 2 unspecified atom stereocenters. The van der Waals surface area contributed by atoms with E-state index in [1.165, 1.54) is 6.07 Å². The Morgan fingerprint density at radius 3 is 2.68 bits per heavy atom. The van der Waals surface area contributed by atoms with Crippen LogP contribution in [-0.2, 0) is 11.2 Å². The number of fused-ring (bicyclic) bond motifs is 1. The molecule has 1 aliphatic carbocycles. The second-order valence-electron chi connectivity index (χ2n) is 6.41. The number of hydrogen-bond acceptors (Lipinski definition) is 2. The van der Waals surface area contributed by atoms with Gasteiger partial charge in [0.15, 0.2) is 0 Å². The van der Waals surface area contributed by atoms with Gasteiger partial charge in [-0.2, -0.15) is 0 Å². The monoisotopic (exact) mass is 340 g/mol. The van der Waals surface area contributed by atoms with E-state index in [-0.39, 0.29) is 36.1 Å². The van der Waals surface area contributed by atoms with E-state index in [9.17, 15) is 14.0 Å². The first-order chi connectivity index (χ1) is 12.0. The Bertz CT molecular complexity index is 777. The van der Waals surface area contributed by atoms with E-state index in [1.54, 1.807) is 37.3 Å². The van der Waals surface area contributed by atoms with Crippen LogP contribution in [0, 0.1) is 5.82 Å². The molecule has 2 aromatic carbocycles. The smallest absolute Gasteiger partial charge is 0.251 e. The highest BCUT2D eigenvalue weighted by atomic mass is 19.1. The van der Waals surface area contributed by atoms with Crippen molar-refractivity contribution in [1.29, 1.82) is 0 Å².